The van der Waals surface area contributed by atoms with Gasteiger partial charge in [0.2, 0.25) is 0 Å². The molecule has 3 aromatic carbocycles. The lowest BCUT2D eigenvalue weighted by Gasteiger charge is -2.13. The van der Waals surface area contributed by atoms with Crippen molar-refractivity contribution in [2.24, 2.45) is 4.99 Å². The number of hydrogen-bond acceptors (Lipinski definition) is 4. The fourth-order valence-electron chi connectivity index (χ4n) is 4.48. The first kappa shape index (κ1) is 23.5. The molecule has 0 spiro atoms. The second-order valence-electron chi connectivity index (χ2n) is 9.15. The topological polar surface area (TPSA) is 67.2 Å². The number of carbonyl (C=O) groups is 1. The van der Waals surface area contributed by atoms with Crippen LogP contribution in [0.4, 0.5) is 4.39 Å². The van der Waals surface area contributed by atoms with Crippen molar-refractivity contribution in [2.45, 2.75) is 33.1 Å². The zero-order valence-electron chi connectivity index (χ0n) is 20.4. The van der Waals surface area contributed by atoms with Gasteiger partial charge in [0, 0.05) is 41.6 Å². The van der Waals surface area contributed by atoms with Crippen LogP contribution < -0.4 is 5.32 Å². The highest BCUT2D eigenvalue weighted by atomic mass is 19.1. The van der Waals surface area contributed by atoms with E-state index in [1.54, 1.807) is 24.3 Å². The smallest absolute Gasteiger partial charge is 0.251 e. The zero-order valence-corrected chi connectivity index (χ0v) is 20.4. The molecular formula is C30H27FN4O. The SMILES string of the molecule is Cc1cc(C)cc(-c2nc3cc(C(=O)NCCCC4=NC=CC4)ccc3nc2-c2ccc(F)cc2)c1. The molecule has 0 fully saturated rings. The number of nitrogens with one attached hydrogen (secondary N) is 1. The summed E-state index contributed by atoms with van der Waals surface area (Å²) in [7, 11) is 0. The number of aryl methyl sites for hydroxylation is 2. The minimum Gasteiger partial charge on any atom is -0.352 e. The van der Waals surface area contributed by atoms with Crippen molar-refractivity contribution in [3.05, 3.63) is 95.4 Å². The van der Waals surface area contributed by atoms with Crippen molar-refractivity contribution in [1.29, 1.82) is 0 Å². The molecule has 0 aliphatic carbocycles. The fourth-order valence-corrected chi connectivity index (χ4v) is 4.48. The van der Waals surface area contributed by atoms with Crippen LogP contribution in [0.15, 0.2) is 77.9 Å². The van der Waals surface area contributed by atoms with Gasteiger partial charge in [-0.1, -0.05) is 23.3 Å². The van der Waals surface area contributed by atoms with Crippen molar-refractivity contribution in [2.75, 3.05) is 6.54 Å². The largest absolute Gasteiger partial charge is 0.352 e. The van der Waals surface area contributed by atoms with Gasteiger partial charge in [0.25, 0.3) is 5.91 Å². The molecule has 5 nitrogen and oxygen atoms in total. The van der Waals surface area contributed by atoms with E-state index in [-0.39, 0.29) is 11.7 Å². The quantitative estimate of drug-likeness (QED) is 0.305. The number of hydrogen-bond donors (Lipinski definition) is 1. The number of amides is 1. The molecular weight excluding hydrogens is 451 g/mol. The van der Waals surface area contributed by atoms with Crippen molar-refractivity contribution in [3.8, 4) is 22.5 Å². The van der Waals surface area contributed by atoms with E-state index in [1.165, 1.54) is 12.1 Å². The molecule has 0 unspecified atom stereocenters. The molecule has 0 atom stereocenters. The van der Waals surface area contributed by atoms with Crippen LogP contribution in [0.5, 0.6) is 0 Å². The van der Waals surface area contributed by atoms with Crippen LogP contribution in [-0.4, -0.2) is 28.1 Å². The highest BCUT2D eigenvalue weighted by Gasteiger charge is 2.16. The Hall–Kier alpha value is -4.19. The fraction of sp³-hybridized carbons (Fsp3) is 0.200. The molecule has 0 saturated carbocycles. The van der Waals surface area contributed by atoms with Crippen molar-refractivity contribution >= 4 is 22.7 Å². The maximum atomic E-state index is 13.6. The van der Waals surface area contributed by atoms with Gasteiger partial charge < -0.3 is 5.32 Å². The van der Waals surface area contributed by atoms with Crippen LogP contribution in [0.1, 0.15) is 40.7 Å². The average molecular weight is 479 g/mol. The normalized spacial score (nSPS) is 12.7. The highest BCUT2D eigenvalue weighted by Crippen LogP contribution is 2.32. The third-order valence-corrected chi connectivity index (χ3v) is 6.18. The van der Waals surface area contributed by atoms with Gasteiger partial charge in [-0.15, -0.1) is 0 Å². The molecule has 1 aliphatic rings. The summed E-state index contributed by atoms with van der Waals surface area (Å²) >= 11 is 0. The number of fused-ring (bicyclic) bond motifs is 1. The Morgan fingerprint density at radius 2 is 1.61 bits per heavy atom. The first-order valence-corrected chi connectivity index (χ1v) is 12.1. The Morgan fingerprint density at radius 1 is 0.889 bits per heavy atom. The Morgan fingerprint density at radius 3 is 2.33 bits per heavy atom. The van der Waals surface area contributed by atoms with Gasteiger partial charge in [-0.3, -0.25) is 9.79 Å². The van der Waals surface area contributed by atoms with Gasteiger partial charge in [-0.2, -0.15) is 0 Å². The van der Waals surface area contributed by atoms with E-state index >= 15 is 0 Å². The van der Waals surface area contributed by atoms with Crippen LogP contribution in [0.2, 0.25) is 0 Å². The van der Waals surface area contributed by atoms with Gasteiger partial charge in [-0.05, 0) is 81.3 Å². The number of allylic oxidation sites excluding steroid dienone is 1. The summed E-state index contributed by atoms with van der Waals surface area (Å²) in [4.78, 5) is 27.0. The summed E-state index contributed by atoms with van der Waals surface area (Å²) in [6.45, 7) is 4.67. The monoisotopic (exact) mass is 478 g/mol. The molecule has 4 aromatic rings. The summed E-state index contributed by atoms with van der Waals surface area (Å²) in [6, 6.07) is 17.9. The van der Waals surface area contributed by atoms with Crippen LogP contribution in [0.25, 0.3) is 33.5 Å². The van der Waals surface area contributed by atoms with Gasteiger partial charge in [0.1, 0.15) is 5.82 Å². The third-order valence-electron chi connectivity index (χ3n) is 6.18. The van der Waals surface area contributed by atoms with Crippen LogP contribution in [0, 0.1) is 19.7 Å². The Kier molecular flexibility index (Phi) is 6.67. The van der Waals surface area contributed by atoms with E-state index in [4.69, 9.17) is 9.97 Å². The maximum absolute atomic E-state index is 13.6. The number of aromatic nitrogens is 2. The lowest BCUT2D eigenvalue weighted by molar-refractivity contribution is 0.0953. The lowest BCUT2D eigenvalue weighted by Crippen LogP contribution is -2.24. The molecule has 1 amide bonds. The van der Waals surface area contributed by atoms with Gasteiger partial charge in [-0.25, -0.2) is 14.4 Å². The summed E-state index contributed by atoms with van der Waals surface area (Å²) in [5.74, 6) is -0.440. The van der Waals surface area contributed by atoms with E-state index in [0.29, 0.717) is 34.5 Å². The number of rotatable bonds is 7. The Balaban J connectivity index is 1.47. The minimum absolute atomic E-state index is 0.138. The van der Waals surface area contributed by atoms with Gasteiger partial charge in [0.15, 0.2) is 0 Å². The first-order chi connectivity index (χ1) is 17.5. The van der Waals surface area contributed by atoms with Crippen molar-refractivity contribution in [3.63, 3.8) is 0 Å². The zero-order chi connectivity index (χ0) is 25.1. The van der Waals surface area contributed by atoms with Crippen LogP contribution >= 0.6 is 0 Å². The third kappa shape index (κ3) is 5.23. The average Bonchev–Trinajstić information content (AvgIpc) is 3.39. The second-order valence-corrected chi connectivity index (χ2v) is 9.15. The molecule has 0 bridgehead atoms. The minimum atomic E-state index is -0.302. The Labute approximate surface area is 209 Å². The Bertz CT molecular complexity index is 1490. The van der Waals surface area contributed by atoms with Crippen molar-refractivity contribution in [1.82, 2.24) is 15.3 Å². The predicted octanol–water partition coefficient (Wildman–Crippen LogP) is 6.59. The highest BCUT2D eigenvalue weighted by molar-refractivity contribution is 5.98. The van der Waals surface area contributed by atoms with E-state index in [9.17, 15) is 9.18 Å². The number of halogens is 1. The maximum Gasteiger partial charge on any atom is 0.251 e. The molecule has 1 N–H and O–H groups in total. The first-order valence-electron chi connectivity index (χ1n) is 12.1. The molecule has 1 aromatic heterocycles. The summed E-state index contributed by atoms with van der Waals surface area (Å²) in [6.07, 6.45) is 6.50. The van der Waals surface area contributed by atoms with Gasteiger partial charge >= 0.3 is 0 Å². The number of carbonyl (C=O) groups excluding carboxylic acids is 1. The molecule has 5 rings (SSSR count). The molecule has 1 aliphatic heterocycles. The second kappa shape index (κ2) is 10.2. The number of benzene rings is 3. The lowest BCUT2D eigenvalue weighted by atomic mass is 10.00. The van der Waals surface area contributed by atoms with E-state index in [2.05, 4.69) is 28.5 Å². The molecule has 2 heterocycles. The molecule has 180 valence electrons. The summed E-state index contributed by atoms with van der Waals surface area (Å²) in [5.41, 5.74) is 8.31. The van der Waals surface area contributed by atoms with Crippen LogP contribution in [0.3, 0.4) is 0 Å². The van der Waals surface area contributed by atoms with Crippen molar-refractivity contribution < 1.29 is 9.18 Å². The van der Waals surface area contributed by atoms with E-state index in [0.717, 1.165) is 47.2 Å². The number of aliphatic imine (C=N–C) groups is 1. The molecule has 6 heteroatoms. The van der Waals surface area contributed by atoms with E-state index < -0.39 is 0 Å². The molecule has 0 radical (unpaired) electrons. The predicted molar refractivity (Wildman–Crippen MR) is 143 cm³/mol. The summed E-state index contributed by atoms with van der Waals surface area (Å²) < 4.78 is 13.6. The molecule has 0 saturated heterocycles. The standard InChI is InChI=1S/C30H27FN4O/c1-19-15-20(2)17-23(16-19)29-28(21-7-10-24(31)11-8-21)34-26-12-9-22(18-27(26)35-29)30(36)33-14-4-6-25-5-3-13-32-25/h3,7-13,15-18H,4-6,14H2,1-2H3,(H,33,36). The van der Waals surface area contributed by atoms with Gasteiger partial charge in [0.05, 0.1) is 22.4 Å². The van der Waals surface area contributed by atoms with Crippen LogP contribution in [-0.2, 0) is 0 Å². The molecule has 36 heavy (non-hydrogen) atoms. The number of nitrogens with zero attached hydrogens (tertiary/aromatic N) is 3. The van der Waals surface area contributed by atoms with E-state index in [1.807, 2.05) is 32.2 Å². The summed E-state index contributed by atoms with van der Waals surface area (Å²) in [5, 5.41) is 2.99.